The summed E-state index contributed by atoms with van der Waals surface area (Å²) in [4.78, 5) is 4.38. The average molecular weight is 593 g/mol. The zero-order valence-electron chi connectivity index (χ0n) is 25.0. The van der Waals surface area contributed by atoms with Gasteiger partial charge in [-0.1, -0.05) is 66.7 Å². The Balaban J connectivity index is 1.29. The van der Waals surface area contributed by atoms with Crippen LogP contribution in [-0.2, 0) is 12.8 Å². The first kappa shape index (κ1) is 29.7. The maximum atomic E-state index is 9.90. The van der Waals surface area contributed by atoms with E-state index in [1.54, 1.807) is 12.1 Å². The minimum Gasteiger partial charge on any atom is -0.508 e. The number of hydrogen-bond acceptors (Lipinski definition) is 5. The molecular weight excluding hydrogens is 556 g/mol. The summed E-state index contributed by atoms with van der Waals surface area (Å²) < 4.78 is 0. The minimum atomic E-state index is 0.117. The van der Waals surface area contributed by atoms with Crippen molar-refractivity contribution in [1.29, 1.82) is 0 Å². The summed E-state index contributed by atoms with van der Waals surface area (Å²) in [5.41, 5.74) is 10.5. The highest BCUT2D eigenvalue weighted by Crippen LogP contribution is 2.38. The van der Waals surface area contributed by atoms with E-state index in [1.165, 1.54) is 0 Å². The van der Waals surface area contributed by atoms with Gasteiger partial charge in [-0.05, 0) is 120 Å². The van der Waals surface area contributed by atoms with Crippen LogP contribution in [0.1, 0.15) is 11.1 Å². The molecule has 0 atom stereocenters. The molecule has 0 bridgehead atoms. The van der Waals surface area contributed by atoms with Gasteiger partial charge in [0.05, 0.1) is 0 Å². The summed E-state index contributed by atoms with van der Waals surface area (Å²) in [6.07, 6.45) is 1.26. The smallest absolute Gasteiger partial charge is 0.115 e. The van der Waals surface area contributed by atoms with Gasteiger partial charge in [0, 0.05) is 47.3 Å². The van der Waals surface area contributed by atoms with Crippen LogP contribution in [0.25, 0.3) is 11.1 Å². The molecule has 0 aromatic heterocycles. The molecule has 6 rings (SSSR count). The van der Waals surface area contributed by atoms with Crippen molar-refractivity contribution in [2.45, 2.75) is 12.8 Å². The molecule has 0 amide bonds. The van der Waals surface area contributed by atoms with Crippen LogP contribution in [0.2, 0.25) is 0 Å². The second kappa shape index (κ2) is 14.0. The zero-order valence-corrected chi connectivity index (χ0v) is 25.0. The highest BCUT2D eigenvalue weighted by atomic mass is 16.3. The number of rotatable bonds is 11. The molecular formula is C40H36N2O3. The summed E-state index contributed by atoms with van der Waals surface area (Å²) >= 11 is 0. The fraction of sp³-hybridized carbons (Fsp3) is 0.100. The second-order valence-corrected chi connectivity index (χ2v) is 10.9. The Labute approximate surface area is 264 Å². The van der Waals surface area contributed by atoms with Gasteiger partial charge < -0.3 is 25.1 Å². The van der Waals surface area contributed by atoms with E-state index in [9.17, 15) is 15.3 Å². The molecule has 6 aromatic carbocycles. The fourth-order valence-electron chi connectivity index (χ4n) is 5.56. The molecule has 0 aliphatic heterocycles. The Morgan fingerprint density at radius 2 is 0.667 bits per heavy atom. The Bertz CT molecular complexity index is 1790. The normalized spacial score (nSPS) is 10.9. The van der Waals surface area contributed by atoms with Crippen molar-refractivity contribution in [2.24, 2.45) is 0 Å². The summed E-state index contributed by atoms with van der Waals surface area (Å²) in [7, 11) is 0. The van der Waals surface area contributed by atoms with Gasteiger partial charge in [0.25, 0.3) is 0 Å². The van der Waals surface area contributed by atoms with E-state index in [2.05, 4.69) is 107 Å². The van der Waals surface area contributed by atoms with Crippen molar-refractivity contribution >= 4 is 34.1 Å². The van der Waals surface area contributed by atoms with E-state index < -0.39 is 0 Å². The fourth-order valence-corrected chi connectivity index (χ4v) is 5.56. The van der Waals surface area contributed by atoms with Gasteiger partial charge in [0.1, 0.15) is 5.75 Å². The Kier molecular flexibility index (Phi) is 9.21. The number of nitrogens with zero attached hydrogens (tertiary/aromatic N) is 2. The number of para-hydroxylation sites is 1. The molecule has 5 heteroatoms. The van der Waals surface area contributed by atoms with Gasteiger partial charge in [-0.3, -0.25) is 0 Å². The predicted molar refractivity (Wildman–Crippen MR) is 184 cm³/mol. The number of aromatic hydroxyl groups is 1. The largest absolute Gasteiger partial charge is 0.508 e. The predicted octanol–water partition coefficient (Wildman–Crippen LogP) is 9.07. The third kappa shape index (κ3) is 6.91. The monoisotopic (exact) mass is 592 g/mol. The van der Waals surface area contributed by atoms with E-state index in [1.807, 2.05) is 42.5 Å². The van der Waals surface area contributed by atoms with Gasteiger partial charge in [0.2, 0.25) is 0 Å². The van der Waals surface area contributed by atoms with E-state index >= 15 is 0 Å². The quantitative estimate of drug-likeness (QED) is 0.140. The molecule has 0 saturated heterocycles. The summed E-state index contributed by atoms with van der Waals surface area (Å²) in [5.74, 6) is 0.223. The summed E-state index contributed by atoms with van der Waals surface area (Å²) in [5, 5.41) is 28.6. The molecule has 0 unspecified atom stereocenters. The van der Waals surface area contributed by atoms with E-state index in [-0.39, 0.29) is 19.0 Å². The number of aliphatic hydroxyl groups is 2. The molecule has 5 nitrogen and oxygen atoms in total. The number of anilines is 6. The average Bonchev–Trinajstić information content (AvgIpc) is 3.09. The molecule has 0 aliphatic carbocycles. The lowest BCUT2D eigenvalue weighted by Crippen LogP contribution is -2.10. The molecule has 0 aliphatic rings. The molecule has 0 spiro atoms. The van der Waals surface area contributed by atoms with Crippen LogP contribution in [0, 0.1) is 0 Å². The van der Waals surface area contributed by atoms with Crippen LogP contribution in [0.15, 0.2) is 152 Å². The minimum absolute atomic E-state index is 0.117. The van der Waals surface area contributed by atoms with Crippen molar-refractivity contribution in [2.75, 3.05) is 23.0 Å². The van der Waals surface area contributed by atoms with Crippen LogP contribution in [0.4, 0.5) is 34.1 Å². The second-order valence-electron chi connectivity index (χ2n) is 10.9. The van der Waals surface area contributed by atoms with Crippen molar-refractivity contribution in [1.82, 2.24) is 0 Å². The van der Waals surface area contributed by atoms with E-state index in [4.69, 9.17) is 0 Å². The molecule has 3 N–H and O–H groups in total. The molecule has 0 saturated carbocycles. The number of benzene rings is 6. The third-order valence-electron chi connectivity index (χ3n) is 7.90. The molecule has 45 heavy (non-hydrogen) atoms. The van der Waals surface area contributed by atoms with Crippen molar-refractivity contribution in [3.05, 3.63) is 163 Å². The lowest BCUT2D eigenvalue weighted by atomic mass is 10.0. The van der Waals surface area contributed by atoms with Gasteiger partial charge in [-0.2, -0.15) is 0 Å². The van der Waals surface area contributed by atoms with E-state index in [0.29, 0.717) is 12.8 Å². The standard InChI is InChI=1S/C40H36N2O3/c43-28-26-30-6-14-35(15-7-30)41(34-4-2-1-3-5-34)37-18-10-32(11-19-37)33-12-20-38(21-13-33)42(39-22-24-40(45)25-23-39)36-16-8-31(9-17-36)27-29-44/h1-25,43-45H,26-29H2. The topological polar surface area (TPSA) is 67.2 Å². The SMILES string of the molecule is OCCc1ccc(N(c2ccccc2)c2ccc(-c3ccc(N(c4ccc(O)cc4)c4ccc(CCO)cc4)cc3)cc2)cc1. The number of hydrogen-bond donors (Lipinski definition) is 3. The first-order valence-corrected chi connectivity index (χ1v) is 15.2. The van der Waals surface area contributed by atoms with Crippen LogP contribution in [-0.4, -0.2) is 28.5 Å². The van der Waals surface area contributed by atoms with E-state index in [0.717, 1.165) is 56.4 Å². The molecule has 6 aromatic rings. The van der Waals surface area contributed by atoms with Crippen molar-refractivity contribution in [3.8, 4) is 16.9 Å². The lowest BCUT2D eigenvalue weighted by Gasteiger charge is -2.26. The Morgan fingerprint density at radius 1 is 0.356 bits per heavy atom. The van der Waals surface area contributed by atoms with Crippen molar-refractivity contribution < 1.29 is 15.3 Å². The lowest BCUT2D eigenvalue weighted by molar-refractivity contribution is 0.299. The van der Waals surface area contributed by atoms with Crippen LogP contribution in [0.5, 0.6) is 5.75 Å². The number of aliphatic hydroxyl groups excluding tert-OH is 2. The molecule has 0 fully saturated rings. The zero-order chi connectivity index (χ0) is 31.0. The van der Waals surface area contributed by atoms with Gasteiger partial charge >= 0.3 is 0 Å². The molecule has 224 valence electrons. The molecule has 0 radical (unpaired) electrons. The van der Waals surface area contributed by atoms with Gasteiger partial charge in [-0.15, -0.1) is 0 Å². The Hall–Kier alpha value is -5.36. The summed E-state index contributed by atoms with van der Waals surface area (Å²) in [6.45, 7) is 0.254. The van der Waals surface area contributed by atoms with Crippen molar-refractivity contribution in [3.63, 3.8) is 0 Å². The van der Waals surface area contributed by atoms with Crippen LogP contribution in [0.3, 0.4) is 0 Å². The maximum Gasteiger partial charge on any atom is 0.115 e. The number of phenolic OH excluding ortho intramolecular Hbond substituents is 1. The number of phenols is 1. The third-order valence-corrected chi connectivity index (χ3v) is 7.90. The molecule has 0 heterocycles. The first-order chi connectivity index (χ1) is 22.1. The summed E-state index contributed by atoms with van der Waals surface area (Å²) in [6, 6.07) is 51.2. The van der Waals surface area contributed by atoms with Crippen LogP contribution < -0.4 is 9.80 Å². The van der Waals surface area contributed by atoms with Gasteiger partial charge in [0.15, 0.2) is 0 Å². The first-order valence-electron chi connectivity index (χ1n) is 15.2. The van der Waals surface area contributed by atoms with Crippen LogP contribution >= 0.6 is 0 Å². The Morgan fingerprint density at radius 3 is 1.02 bits per heavy atom. The highest BCUT2D eigenvalue weighted by Gasteiger charge is 2.15. The van der Waals surface area contributed by atoms with Gasteiger partial charge in [-0.25, -0.2) is 0 Å². The maximum absolute atomic E-state index is 9.90. The highest BCUT2D eigenvalue weighted by molar-refractivity contribution is 5.80.